The van der Waals surface area contributed by atoms with Gasteiger partial charge in [0.1, 0.15) is 18.8 Å². The van der Waals surface area contributed by atoms with Gasteiger partial charge in [0.25, 0.3) is 0 Å². The summed E-state index contributed by atoms with van der Waals surface area (Å²) < 4.78 is 16.5. The number of fused-ring (bicyclic) bond motifs is 1. The van der Waals surface area contributed by atoms with Crippen LogP contribution < -0.4 is 15.2 Å². The molecular formula is C16H21ClN2O4. The molecule has 0 radical (unpaired) electrons. The Bertz CT molecular complexity index is 600. The van der Waals surface area contributed by atoms with Gasteiger partial charge in [0, 0.05) is 0 Å². The fourth-order valence-electron chi connectivity index (χ4n) is 2.85. The predicted molar refractivity (Wildman–Crippen MR) is 87.4 cm³/mol. The molecule has 23 heavy (non-hydrogen) atoms. The number of carbonyl (C=O) groups is 1. The Kier molecular flexibility index (Phi) is 4.82. The van der Waals surface area contributed by atoms with Crippen molar-refractivity contribution in [1.82, 2.24) is 4.90 Å². The molecule has 2 N–H and O–H groups in total. The second kappa shape index (κ2) is 6.84. The number of nitrogens with zero attached hydrogens (tertiary/aromatic N) is 1. The van der Waals surface area contributed by atoms with Crippen molar-refractivity contribution in [2.45, 2.75) is 12.8 Å². The number of rotatable bonds is 3. The number of benzene rings is 1. The molecule has 2 heterocycles. The number of piperidine rings is 1. The van der Waals surface area contributed by atoms with Gasteiger partial charge in [-0.3, -0.25) is 0 Å². The Balaban J connectivity index is 1.71. The molecule has 1 fully saturated rings. The van der Waals surface area contributed by atoms with Crippen LogP contribution in [0.25, 0.3) is 0 Å². The minimum Gasteiger partial charge on any atom is -0.485 e. The lowest BCUT2D eigenvalue weighted by molar-refractivity contribution is 0.0375. The summed E-state index contributed by atoms with van der Waals surface area (Å²) in [6.07, 6.45) is 2.06. The van der Waals surface area contributed by atoms with Crippen LogP contribution >= 0.6 is 11.6 Å². The van der Waals surface area contributed by atoms with Crippen molar-refractivity contribution < 1.29 is 19.0 Å². The highest BCUT2D eigenvalue weighted by Crippen LogP contribution is 2.43. The lowest BCUT2D eigenvalue weighted by Crippen LogP contribution is -2.32. The largest absolute Gasteiger partial charge is 0.485 e. The van der Waals surface area contributed by atoms with Gasteiger partial charge < -0.3 is 24.8 Å². The lowest BCUT2D eigenvalue weighted by Gasteiger charge is -2.28. The first-order valence-corrected chi connectivity index (χ1v) is 8.17. The van der Waals surface area contributed by atoms with Crippen LogP contribution in [0.15, 0.2) is 6.07 Å². The number of esters is 1. The van der Waals surface area contributed by atoms with E-state index in [1.54, 1.807) is 0 Å². The maximum atomic E-state index is 12.4. The fraction of sp³-hybridized carbons (Fsp3) is 0.562. The van der Waals surface area contributed by atoms with E-state index in [1.165, 1.54) is 6.07 Å². The number of likely N-dealkylation sites (tertiary alicyclic amines) is 1. The van der Waals surface area contributed by atoms with Gasteiger partial charge in [0.15, 0.2) is 11.5 Å². The third kappa shape index (κ3) is 3.48. The van der Waals surface area contributed by atoms with Gasteiger partial charge >= 0.3 is 5.97 Å². The molecule has 0 aliphatic carbocycles. The monoisotopic (exact) mass is 339 g/mol. The molecule has 0 amide bonds. The zero-order valence-corrected chi connectivity index (χ0v) is 13.9. The molecule has 0 atom stereocenters. The van der Waals surface area contributed by atoms with Crippen molar-refractivity contribution >= 4 is 23.3 Å². The zero-order chi connectivity index (χ0) is 16.4. The molecule has 3 rings (SSSR count). The first kappa shape index (κ1) is 16.2. The number of hydrogen-bond acceptors (Lipinski definition) is 6. The fourth-order valence-corrected chi connectivity index (χ4v) is 3.04. The Morgan fingerprint density at radius 1 is 1.35 bits per heavy atom. The molecule has 0 saturated carbocycles. The molecule has 6 nitrogen and oxygen atoms in total. The minimum absolute atomic E-state index is 0.264. The maximum Gasteiger partial charge on any atom is 0.342 e. The molecule has 1 aromatic carbocycles. The van der Waals surface area contributed by atoms with Crippen molar-refractivity contribution in [2.24, 2.45) is 5.92 Å². The van der Waals surface area contributed by atoms with Crippen molar-refractivity contribution in [1.29, 1.82) is 0 Å². The molecule has 2 aliphatic heterocycles. The second-order valence-corrected chi connectivity index (χ2v) is 6.43. The number of ether oxygens (including phenoxy) is 3. The van der Waals surface area contributed by atoms with Gasteiger partial charge in [0.2, 0.25) is 0 Å². The summed E-state index contributed by atoms with van der Waals surface area (Å²) in [6, 6.07) is 1.49. The molecule has 0 aromatic heterocycles. The molecular weight excluding hydrogens is 319 g/mol. The number of anilines is 1. The highest BCUT2D eigenvalue weighted by molar-refractivity contribution is 6.34. The number of halogens is 1. The zero-order valence-electron chi connectivity index (χ0n) is 13.1. The van der Waals surface area contributed by atoms with E-state index in [1.807, 2.05) is 0 Å². The summed E-state index contributed by atoms with van der Waals surface area (Å²) in [4.78, 5) is 14.7. The van der Waals surface area contributed by atoms with E-state index in [0.717, 1.165) is 25.9 Å². The van der Waals surface area contributed by atoms with Crippen molar-refractivity contribution in [3.63, 3.8) is 0 Å². The number of nitrogen functional groups attached to an aromatic ring is 1. The van der Waals surface area contributed by atoms with Crippen LogP contribution in [0.2, 0.25) is 5.02 Å². The topological polar surface area (TPSA) is 74.0 Å². The Hall–Kier alpha value is -1.66. The summed E-state index contributed by atoms with van der Waals surface area (Å²) in [5.41, 5.74) is 6.44. The maximum absolute atomic E-state index is 12.4. The summed E-state index contributed by atoms with van der Waals surface area (Å²) in [5.74, 6) is 0.599. The third-order valence-corrected chi connectivity index (χ3v) is 4.62. The highest BCUT2D eigenvalue weighted by Gasteiger charge is 2.27. The van der Waals surface area contributed by atoms with E-state index in [-0.39, 0.29) is 16.3 Å². The molecule has 2 aliphatic rings. The lowest BCUT2D eigenvalue weighted by atomic mass is 9.97. The van der Waals surface area contributed by atoms with Gasteiger partial charge in [-0.1, -0.05) is 11.6 Å². The predicted octanol–water partition coefficient (Wildman–Crippen LogP) is 2.19. The van der Waals surface area contributed by atoms with Crippen molar-refractivity contribution in [3.05, 3.63) is 16.7 Å². The molecule has 126 valence electrons. The average Bonchev–Trinajstić information content (AvgIpc) is 2.57. The summed E-state index contributed by atoms with van der Waals surface area (Å²) >= 11 is 6.09. The summed E-state index contributed by atoms with van der Waals surface area (Å²) in [7, 11) is 2.10. The van der Waals surface area contributed by atoms with Crippen molar-refractivity contribution in [3.8, 4) is 11.5 Å². The Labute approximate surface area is 140 Å². The van der Waals surface area contributed by atoms with Crippen LogP contribution in [0.1, 0.15) is 23.2 Å². The number of hydrogen-bond donors (Lipinski definition) is 1. The van der Waals surface area contributed by atoms with Crippen LogP contribution in [-0.4, -0.2) is 50.8 Å². The van der Waals surface area contributed by atoms with Gasteiger partial charge in [-0.05, 0) is 45.0 Å². The van der Waals surface area contributed by atoms with Gasteiger partial charge in [-0.25, -0.2) is 4.79 Å². The average molecular weight is 340 g/mol. The smallest absolute Gasteiger partial charge is 0.342 e. The third-order valence-electron chi connectivity index (χ3n) is 4.31. The molecule has 1 saturated heterocycles. The number of carbonyl (C=O) groups excluding carboxylic acids is 1. The molecule has 0 unspecified atom stereocenters. The molecule has 0 spiro atoms. The van der Waals surface area contributed by atoms with Crippen LogP contribution in [0.4, 0.5) is 5.69 Å². The minimum atomic E-state index is -0.451. The van der Waals surface area contributed by atoms with Gasteiger partial charge in [0.05, 0.1) is 17.3 Å². The standard InChI is InChI=1S/C16H21ClN2O4/c1-19-4-2-10(3-5-19)9-23-16(20)11-8-12(17)13(18)15-14(11)21-6-7-22-15/h8,10H,2-7,9,18H2,1H3/i1-1. The van der Waals surface area contributed by atoms with Crippen molar-refractivity contribution in [2.75, 3.05) is 45.7 Å². The summed E-state index contributed by atoms with van der Waals surface area (Å²) in [6.45, 7) is 3.21. The first-order valence-electron chi connectivity index (χ1n) is 7.79. The summed E-state index contributed by atoms with van der Waals surface area (Å²) in [5, 5.41) is 0.264. The Morgan fingerprint density at radius 2 is 2.00 bits per heavy atom. The van der Waals surface area contributed by atoms with Crippen LogP contribution in [-0.2, 0) is 4.74 Å². The normalized spacial score (nSPS) is 18.7. The molecule has 1 aromatic rings. The van der Waals surface area contributed by atoms with Crippen LogP contribution in [0, 0.1) is 5.92 Å². The second-order valence-electron chi connectivity index (χ2n) is 6.02. The highest BCUT2D eigenvalue weighted by atomic mass is 35.5. The van der Waals surface area contributed by atoms with E-state index in [9.17, 15) is 4.79 Å². The van der Waals surface area contributed by atoms with E-state index in [0.29, 0.717) is 37.2 Å². The van der Waals surface area contributed by atoms with Gasteiger partial charge in [-0.2, -0.15) is 0 Å². The van der Waals surface area contributed by atoms with Crippen LogP contribution in [0.5, 0.6) is 11.5 Å². The first-order chi connectivity index (χ1) is 11.1. The quantitative estimate of drug-likeness (QED) is 0.672. The SMILES string of the molecule is [11CH3]N1CCC(COC(=O)c2cc(Cl)c(N)c3c2OCCO3)CC1. The van der Waals surface area contributed by atoms with Gasteiger partial charge in [-0.15, -0.1) is 0 Å². The Morgan fingerprint density at radius 3 is 2.70 bits per heavy atom. The van der Waals surface area contributed by atoms with E-state index < -0.39 is 5.97 Å². The number of nitrogens with two attached hydrogens (primary N) is 1. The van der Waals surface area contributed by atoms with Crippen LogP contribution in [0.3, 0.4) is 0 Å². The van der Waals surface area contributed by atoms with E-state index in [2.05, 4.69) is 11.9 Å². The molecule has 0 bridgehead atoms. The molecule has 7 heteroatoms. The van der Waals surface area contributed by atoms with E-state index >= 15 is 0 Å². The van der Waals surface area contributed by atoms with E-state index in [4.69, 9.17) is 31.5 Å².